The van der Waals surface area contributed by atoms with Crippen LogP contribution in [0.5, 0.6) is 0 Å². The number of amides is 1. The van der Waals surface area contributed by atoms with Gasteiger partial charge in [-0.05, 0) is 6.92 Å². The summed E-state index contributed by atoms with van der Waals surface area (Å²) in [6, 6.07) is 10.3. The van der Waals surface area contributed by atoms with Gasteiger partial charge in [0.2, 0.25) is 5.91 Å². The van der Waals surface area contributed by atoms with Gasteiger partial charge in [0, 0.05) is 42.5 Å². The van der Waals surface area contributed by atoms with Gasteiger partial charge in [-0.2, -0.15) is 0 Å². The van der Waals surface area contributed by atoms with Gasteiger partial charge in [0.25, 0.3) is 0 Å². The van der Waals surface area contributed by atoms with Crippen molar-refractivity contribution in [3.63, 3.8) is 0 Å². The molecule has 0 unspecified atom stereocenters. The summed E-state index contributed by atoms with van der Waals surface area (Å²) in [5.74, 6) is 0.00947. The molecule has 0 aliphatic carbocycles. The van der Waals surface area contributed by atoms with Crippen molar-refractivity contribution in [3.05, 3.63) is 51.8 Å². The Balaban J connectivity index is 1.23. The molecule has 1 N–H and O–H groups in total. The zero-order valence-corrected chi connectivity index (χ0v) is 17.4. The number of piperazine rings is 1. The van der Waals surface area contributed by atoms with Gasteiger partial charge in [-0.3, -0.25) is 14.6 Å². The van der Waals surface area contributed by atoms with Gasteiger partial charge in [-0.1, -0.05) is 30.3 Å². The highest BCUT2D eigenvalue weighted by molar-refractivity contribution is 7.13. The van der Waals surface area contributed by atoms with E-state index in [1.54, 1.807) is 11.3 Å². The lowest BCUT2D eigenvalue weighted by Gasteiger charge is -2.33. The zero-order valence-electron chi connectivity index (χ0n) is 15.8. The molecule has 1 aromatic carbocycles. The fourth-order valence-corrected chi connectivity index (χ4v) is 4.74. The van der Waals surface area contributed by atoms with Gasteiger partial charge < -0.3 is 5.32 Å². The number of anilines is 1. The summed E-state index contributed by atoms with van der Waals surface area (Å²) >= 11 is 3.18. The Morgan fingerprint density at radius 2 is 1.79 bits per heavy atom. The first kappa shape index (κ1) is 19.2. The molecule has 1 aliphatic rings. The van der Waals surface area contributed by atoms with Crippen LogP contribution in [0.25, 0.3) is 11.3 Å². The number of aryl methyl sites for hydroxylation is 1. The Hall–Kier alpha value is -2.13. The van der Waals surface area contributed by atoms with Crippen molar-refractivity contribution in [1.82, 2.24) is 19.8 Å². The SMILES string of the molecule is Cc1csc(NC(=O)CN2CCN(Cc3nc(-c4ccccc4)cs3)CC2)n1. The van der Waals surface area contributed by atoms with E-state index < -0.39 is 0 Å². The first-order valence-electron chi connectivity index (χ1n) is 9.32. The number of aromatic nitrogens is 2. The molecule has 1 aliphatic heterocycles. The first-order chi connectivity index (χ1) is 13.7. The Morgan fingerprint density at radius 1 is 1.04 bits per heavy atom. The highest BCUT2D eigenvalue weighted by atomic mass is 32.1. The molecule has 2 aromatic heterocycles. The number of nitrogens with one attached hydrogen (secondary N) is 1. The molecule has 146 valence electrons. The van der Waals surface area contributed by atoms with Gasteiger partial charge >= 0.3 is 0 Å². The Bertz CT molecular complexity index is 916. The molecule has 0 spiro atoms. The number of thiazole rings is 2. The van der Waals surface area contributed by atoms with Crippen LogP contribution in [0.4, 0.5) is 5.13 Å². The van der Waals surface area contributed by atoms with Crippen molar-refractivity contribution < 1.29 is 4.79 Å². The molecule has 0 radical (unpaired) electrons. The normalized spacial score (nSPS) is 15.6. The average molecular weight is 414 g/mol. The van der Waals surface area contributed by atoms with Crippen molar-refractivity contribution >= 4 is 33.7 Å². The minimum atomic E-state index is 0.00947. The second-order valence-electron chi connectivity index (χ2n) is 6.89. The van der Waals surface area contributed by atoms with Crippen molar-refractivity contribution in [2.24, 2.45) is 0 Å². The van der Waals surface area contributed by atoms with Crippen LogP contribution < -0.4 is 5.32 Å². The average Bonchev–Trinajstić information content (AvgIpc) is 3.33. The minimum Gasteiger partial charge on any atom is -0.301 e. The van der Waals surface area contributed by atoms with Gasteiger partial charge in [-0.15, -0.1) is 22.7 Å². The molecule has 1 fully saturated rings. The lowest BCUT2D eigenvalue weighted by molar-refractivity contribution is -0.117. The number of rotatable bonds is 6. The van der Waals surface area contributed by atoms with E-state index in [9.17, 15) is 4.79 Å². The number of benzene rings is 1. The summed E-state index contributed by atoms with van der Waals surface area (Å²) < 4.78 is 0. The lowest BCUT2D eigenvalue weighted by atomic mass is 10.2. The summed E-state index contributed by atoms with van der Waals surface area (Å²) in [5.41, 5.74) is 3.15. The van der Waals surface area contributed by atoms with Crippen LogP contribution in [-0.2, 0) is 11.3 Å². The molecule has 3 aromatic rings. The second kappa shape index (κ2) is 8.91. The van der Waals surface area contributed by atoms with Crippen LogP contribution in [0.2, 0.25) is 0 Å². The number of carbonyl (C=O) groups is 1. The molecule has 0 atom stereocenters. The standard InChI is InChI=1S/C20H23N5OS2/c1-15-13-28-20(21-15)23-18(26)11-24-7-9-25(10-8-24)12-19-22-17(14-27-19)16-5-3-2-4-6-16/h2-6,13-14H,7-12H2,1H3,(H,21,23,26). The van der Waals surface area contributed by atoms with Crippen LogP contribution in [0.1, 0.15) is 10.7 Å². The largest absolute Gasteiger partial charge is 0.301 e. The van der Waals surface area contributed by atoms with Gasteiger partial charge in [-0.25, -0.2) is 9.97 Å². The minimum absolute atomic E-state index is 0.00947. The molecule has 1 amide bonds. The van der Waals surface area contributed by atoms with Crippen LogP contribution in [0.15, 0.2) is 41.1 Å². The molecule has 4 rings (SSSR count). The number of hydrogen-bond donors (Lipinski definition) is 1. The first-order valence-corrected chi connectivity index (χ1v) is 11.1. The summed E-state index contributed by atoms with van der Waals surface area (Å²) in [5, 5.41) is 8.78. The van der Waals surface area contributed by atoms with E-state index in [1.165, 1.54) is 11.3 Å². The highest BCUT2D eigenvalue weighted by Crippen LogP contribution is 2.22. The predicted octanol–water partition coefficient (Wildman–Crippen LogP) is 3.33. The highest BCUT2D eigenvalue weighted by Gasteiger charge is 2.20. The van der Waals surface area contributed by atoms with Crippen LogP contribution in [0.3, 0.4) is 0 Å². The molecule has 28 heavy (non-hydrogen) atoms. The number of nitrogens with zero attached hydrogens (tertiary/aromatic N) is 4. The Morgan fingerprint density at radius 3 is 2.50 bits per heavy atom. The van der Waals surface area contributed by atoms with E-state index in [4.69, 9.17) is 4.98 Å². The molecule has 6 nitrogen and oxygen atoms in total. The smallest absolute Gasteiger partial charge is 0.240 e. The monoisotopic (exact) mass is 413 g/mol. The molecule has 3 heterocycles. The predicted molar refractivity (Wildman–Crippen MR) is 115 cm³/mol. The van der Waals surface area contributed by atoms with Gasteiger partial charge in [0.1, 0.15) is 5.01 Å². The summed E-state index contributed by atoms with van der Waals surface area (Å²) in [7, 11) is 0. The fourth-order valence-electron chi connectivity index (χ4n) is 3.20. The molecule has 0 saturated carbocycles. The van der Waals surface area contributed by atoms with Gasteiger partial charge in [0.15, 0.2) is 5.13 Å². The lowest BCUT2D eigenvalue weighted by Crippen LogP contribution is -2.48. The summed E-state index contributed by atoms with van der Waals surface area (Å²) in [4.78, 5) is 25.9. The van der Waals surface area contributed by atoms with Crippen molar-refractivity contribution in [2.75, 3.05) is 38.0 Å². The topological polar surface area (TPSA) is 61.4 Å². The van der Waals surface area contributed by atoms with Crippen molar-refractivity contribution in [1.29, 1.82) is 0 Å². The molecular formula is C20H23N5OS2. The van der Waals surface area contributed by atoms with E-state index in [-0.39, 0.29) is 5.91 Å². The molecule has 8 heteroatoms. The maximum Gasteiger partial charge on any atom is 0.240 e. The van der Waals surface area contributed by atoms with Crippen LogP contribution in [-0.4, -0.2) is 58.4 Å². The van der Waals surface area contributed by atoms with Crippen molar-refractivity contribution in [2.45, 2.75) is 13.5 Å². The van der Waals surface area contributed by atoms with E-state index in [2.05, 4.69) is 37.6 Å². The molecule has 0 bridgehead atoms. The van der Waals surface area contributed by atoms with Crippen LogP contribution in [0, 0.1) is 6.92 Å². The third kappa shape index (κ3) is 5.02. The van der Waals surface area contributed by atoms with Gasteiger partial charge in [0.05, 0.1) is 24.5 Å². The molecule has 1 saturated heterocycles. The quantitative estimate of drug-likeness (QED) is 0.672. The van der Waals surface area contributed by atoms with Crippen molar-refractivity contribution in [3.8, 4) is 11.3 Å². The fraction of sp³-hybridized carbons (Fsp3) is 0.350. The summed E-state index contributed by atoms with van der Waals surface area (Å²) in [6.07, 6.45) is 0. The third-order valence-corrected chi connectivity index (χ3v) is 6.39. The summed E-state index contributed by atoms with van der Waals surface area (Å²) in [6.45, 7) is 6.89. The number of hydrogen-bond acceptors (Lipinski definition) is 7. The maximum atomic E-state index is 12.2. The molecular weight excluding hydrogens is 390 g/mol. The number of carbonyl (C=O) groups excluding carboxylic acids is 1. The second-order valence-corrected chi connectivity index (χ2v) is 8.69. The zero-order chi connectivity index (χ0) is 19.3. The van der Waals surface area contributed by atoms with E-state index >= 15 is 0 Å². The third-order valence-electron chi connectivity index (χ3n) is 4.68. The van der Waals surface area contributed by atoms with E-state index in [0.29, 0.717) is 11.7 Å². The van der Waals surface area contributed by atoms with E-state index in [1.807, 2.05) is 30.5 Å². The Kier molecular flexibility index (Phi) is 6.11. The maximum absolute atomic E-state index is 12.2. The van der Waals surface area contributed by atoms with E-state index in [0.717, 1.165) is 54.7 Å². The Labute approximate surface area is 172 Å². The van der Waals surface area contributed by atoms with Crippen LogP contribution >= 0.6 is 22.7 Å².